The van der Waals surface area contributed by atoms with E-state index in [1.165, 1.54) is 18.7 Å². The van der Waals surface area contributed by atoms with E-state index in [0.29, 0.717) is 12.4 Å². The summed E-state index contributed by atoms with van der Waals surface area (Å²) in [7, 11) is 1.50. The molecule has 1 N–H and O–H groups in total. The number of carbonyl (C=O) groups excluding carboxylic acids is 1. The maximum absolute atomic E-state index is 12.6. The monoisotopic (exact) mass is 489 g/mol. The third kappa shape index (κ3) is 7.70. The molecule has 1 aliphatic rings. The van der Waals surface area contributed by atoms with Crippen LogP contribution >= 0.6 is 0 Å². The summed E-state index contributed by atoms with van der Waals surface area (Å²) < 4.78 is 16.5. The molecule has 190 valence electrons. The predicted octanol–water partition coefficient (Wildman–Crippen LogP) is 5.27. The molecule has 0 unspecified atom stereocenters. The van der Waals surface area contributed by atoms with Crippen LogP contribution in [0.5, 0.6) is 17.2 Å². The molecule has 4 rings (SSSR count). The summed E-state index contributed by atoms with van der Waals surface area (Å²) >= 11 is 0. The van der Waals surface area contributed by atoms with Gasteiger partial charge in [0.25, 0.3) is 0 Å². The molecule has 1 aliphatic heterocycles. The number of aromatic hydroxyl groups is 1. The van der Waals surface area contributed by atoms with E-state index in [4.69, 9.17) is 14.2 Å². The number of ketones is 1. The lowest BCUT2D eigenvalue weighted by Crippen LogP contribution is -2.35. The van der Waals surface area contributed by atoms with Crippen LogP contribution in [0.15, 0.2) is 72.8 Å². The van der Waals surface area contributed by atoms with E-state index < -0.39 is 0 Å². The van der Waals surface area contributed by atoms with Crippen LogP contribution in [0, 0.1) is 0 Å². The molecule has 1 fully saturated rings. The molecule has 0 aromatic heterocycles. The number of hydrogen-bond donors (Lipinski definition) is 1. The second kappa shape index (κ2) is 13.5. The Morgan fingerprint density at radius 2 is 1.75 bits per heavy atom. The topological polar surface area (TPSA) is 68.2 Å². The highest BCUT2D eigenvalue weighted by Crippen LogP contribution is 2.26. The van der Waals surface area contributed by atoms with Gasteiger partial charge in [0.05, 0.1) is 20.3 Å². The number of hydrogen-bond acceptors (Lipinski definition) is 6. The van der Waals surface area contributed by atoms with E-state index in [1.807, 2.05) is 36.4 Å². The van der Waals surface area contributed by atoms with Crippen molar-refractivity contribution in [3.8, 4) is 17.2 Å². The molecule has 3 aromatic rings. The SMILES string of the molecule is C.COc1ccc(/C=C/C(=O)Cc2ccccc2COc2ccc(CN3CCOCC3)cc2)cc1O. The number of phenols is 1. The fraction of sp³-hybridized carbons (Fsp3) is 0.300. The van der Waals surface area contributed by atoms with Crippen molar-refractivity contribution >= 4 is 11.9 Å². The third-order valence-corrected chi connectivity index (χ3v) is 5.98. The number of carbonyl (C=O) groups is 1. The van der Waals surface area contributed by atoms with Gasteiger partial charge in [0, 0.05) is 26.1 Å². The van der Waals surface area contributed by atoms with Gasteiger partial charge in [-0.1, -0.05) is 56.0 Å². The average Bonchev–Trinajstić information content (AvgIpc) is 2.88. The molecular weight excluding hydrogens is 454 g/mol. The molecule has 0 bridgehead atoms. The van der Waals surface area contributed by atoms with Crippen LogP contribution < -0.4 is 9.47 Å². The number of rotatable bonds is 10. The fourth-order valence-electron chi connectivity index (χ4n) is 3.99. The van der Waals surface area contributed by atoms with Crippen molar-refractivity contribution in [2.75, 3.05) is 33.4 Å². The van der Waals surface area contributed by atoms with E-state index >= 15 is 0 Å². The molecule has 36 heavy (non-hydrogen) atoms. The van der Waals surface area contributed by atoms with Gasteiger partial charge in [0.15, 0.2) is 17.3 Å². The first kappa shape index (κ1) is 27.0. The maximum Gasteiger partial charge on any atom is 0.160 e. The molecule has 1 heterocycles. The summed E-state index contributed by atoms with van der Waals surface area (Å²) in [6, 6.07) is 21.0. The quantitative estimate of drug-likeness (QED) is 0.391. The number of allylic oxidation sites excluding steroid dienone is 1. The average molecular weight is 490 g/mol. The van der Waals surface area contributed by atoms with Gasteiger partial charge in [-0.2, -0.15) is 0 Å². The lowest BCUT2D eigenvalue weighted by molar-refractivity contribution is -0.113. The van der Waals surface area contributed by atoms with Gasteiger partial charge in [0.2, 0.25) is 0 Å². The summed E-state index contributed by atoms with van der Waals surface area (Å²) in [5.74, 6) is 1.21. The van der Waals surface area contributed by atoms with Gasteiger partial charge in [-0.15, -0.1) is 0 Å². The van der Waals surface area contributed by atoms with Crippen molar-refractivity contribution < 1.29 is 24.1 Å². The largest absolute Gasteiger partial charge is 0.504 e. The van der Waals surface area contributed by atoms with Crippen LogP contribution in [0.4, 0.5) is 0 Å². The Morgan fingerprint density at radius 3 is 2.44 bits per heavy atom. The molecule has 0 saturated carbocycles. The lowest BCUT2D eigenvalue weighted by Gasteiger charge is -2.26. The van der Waals surface area contributed by atoms with Gasteiger partial charge in [0.1, 0.15) is 12.4 Å². The van der Waals surface area contributed by atoms with Crippen molar-refractivity contribution in [1.29, 1.82) is 0 Å². The standard InChI is InChI=1S/C29H31NO5.CH4/c1-33-29-13-9-22(18-28(29)32)6-10-26(31)19-24-4-2-3-5-25(24)21-35-27-11-7-23(8-12-27)20-30-14-16-34-17-15-30;/h2-13,18,32H,14-17,19-21H2,1H3;1H4/b10-6+;. The molecule has 0 radical (unpaired) electrons. The van der Waals surface area contributed by atoms with Crippen LogP contribution in [0.2, 0.25) is 0 Å². The molecule has 0 aliphatic carbocycles. The summed E-state index contributed by atoms with van der Waals surface area (Å²) in [5, 5.41) is 9.91. The Bertz CT molecular complexity index is 1150. The van der Waals surface area contributed by atoms with Crippen LogP contribution in [-0.2, 0) is 29.1 Å². The number of benzene rings is 3. The molecule has 6 heteroatoms. The normalized spacial score (nSPS) is 13.8. The molecule has 0 atom stereocenters. The van der Waals surface area contributed by atoms with Gasteiger partial charge >= 0.3 is 0 Å². The number of ether oxygens (including phenoxy) is 3. The summed E-state index contributed by atoms with van der Waals surface area (Å²) in [5.41, 5.74) is 3.89. The lowest BCUT2D eigenvalue weighted by atomic mass is 10.0. The number of methoxy groups -OCH3 is 1. The fourth-order valence-corrected chi connectivity index (χ4v) is 3.99. The zero-order valence-electron chi connectivity index (χ0n) is 20.0. The van der Waals surface area contributed by atoms with Crippen molar-refractivity contribution in [3.05, 3.63) is 95.1 Å². The first-order valence-electron chi connectivity index (χ1n) is 11.8. The zero-order valence-corrected chi connectivity index (χ0v) is 20.0. The van der Waals surface area contributed by atoms with Crippen molar-refractivity contribution in [2.45, 2.75) is 27.0 Å². The Balaban J connectivity index is 0.00000361. The van der Waals surface area contributed by atoms with E-state index in [9.17, 15) is 9.90 Å². The van der Waals surface area contributed by atoms with Gasteiger partial charge in [-0.25, -0.2) is 0 Å². The first-order valence-corrected chi connectivity index (χ1v) is 11.8. The van der Waals surface area contributed by atoms with E-state index in [2.05, 4.69) is 17.0 Å². The van der Waals surface area contributed by atoms with Crippen LogP contribution in [0.25, 0.3) is 6.08 Å². The zero-order chi connectivity index (χ0) is 24.5. The van der Waals surface area contributed by atoms with Gasteiger partial charge in [-0.3, -0.25) is 9.69 Å². The molecule has 3 aromatic carbocycles. The van der Waals surface area contributed by atoms with Crippen LogP contribution in [0.3, 0.4) is 0 Å². The van der Waals surface area contributed by atoms with E-state index in [0.717, 1.165) is 55.3 Å². The second-order valence-electron chi connectivity index (χ2n) is 8.50. The Hall–Kier alpha value is -3.61. The molecule has 1 saturated heterocycles. The minimum absolute atomic E-state index is 0. The van der Waals surface area contributed by atoms with Crippen LogP contribution in [0.1, 0.15) is 29.7 Å². The van der Waals surface area contributed by atoms with E-state index in [-0.39, 0.29) is 25.4 Å². The summed E-state index contributed by atoms with van der Waals surface area (Å²) in [6.45, 7) is 4.82. The third-order valence-electron chi connectivity index (χ3n) is 5.98. The highest BCUT2D eigenvalue weighted by molar-refractivity contribution is 5.95. The smallest absolute Gasteiger partial charge is 0.160 e. The predicted molar refractivity (Wildman–Crippen MR) is 142 cm³/mol. The number of nitrogens with zero attached hydrogens (tertiary/aromatic N) is 1. The summed E-state index contributed by atoms with van der Waals surface area (Å²) in [6.07, 6.45) is 3.50. The second-order valence-corrected chi connectivity index (χ2v) is 8.50. The minimum Gasteiger partial charge on any atom is -0.504 e. The van der Waals surface area contributed by atoms with E-state index in [1.54, 1.807) is 24.3 Å². The Morgan fingerprint density at radius 1 is 1.03 bits per heavy atom. The number of phenolic OH excluding ortho intramolecular Hbond substituents is 1. The van der Waals surface area contributed by atoms with Crippen LogP contribution in [-0.4, -0.2) is 49.2 Å². The van der Waals surface area contributed by atoms with Gasteiger partial charge in [-0.05, 0) is 52.6 Å². The molecule has 0 amide bonds. The Kier molecular flexibility index (Phi) is 10.1. The maximum atomic E-state index is 12.6. The Labute approximate surface area is 213 Å². The van der Waals surface area contributed by atoms with Crippen molar-refractivity contribution in [1.82, 2.24) is 4.90 Å². The first-order chi connectivity index (χ1) is 17.1. The van der Waals surface area contributed by atoms with Crippen molar-refractivity contribution in [2.24, 2.45) is 0 Å². The molecule has 6 nitrogen and oxygen atoms in total. The highest BCUT2D eigenvalue weighted by atomic mass is 16.5. The molecule has 0 spiro atoms. The van der Waals surface area contributed by atoms with Gasteiger partial charge < -0.3 is 19.3 Å². The number of morpholine rings is 1. The summed E-state index contributed by atoms with van der Waals surface area (Å²) in [4.78, 5) is 15.0. The molecular formula is C30H35NO5. The van der Waals surface area contributed by atoms with Crippen molar-refractivity contribution in [3.63, 3.8) is 0 Å². The highest BCUT2D eigenvalue weighted by Gasteiger charge is 2.11. The minimum atomic E-state index is -0.0276.